The van der Waals surface area contributed by atoms with Crippen molar-refractivity contribution in [1.29, 1.82) is 0 Å². The third-order valence-electron chi connectivity index (χ3n) is 4.51. The molecule has 0 aliphatic carbocycles. The lowest BCUT2D eigenvalue weighted by atomic mass is 10.3. The molecule has 0 aliphatic rings. The van der Waals surface area contributed by atoms with Gasteiger partial charge in [-0.3, -0.25) is 14.3 Å². The summed E-state index contributed by atoms with van der Waals surface area (Å²) in [6.45, 7) is 1.03. The quantitative estimate of drug-likeness (QED) is 0.427. The fraction of sp³-hybridized carbons (Fsp3) is 0.250. The predicted octanol–water partition coefficient (Wildman–Crippen LogP) is 3.56. The highest BCUT2D eigenvalue weighted by Crippen LogP contribution is 2.31. The van der Waals surface area contributed by atoms with Crippen LogP contribution in [0.5, 0.6) is 0 Å². The van der Waals surface area contributed by atoms with Crippen LogP contribution in [0.15, 0.2) is 56.1 Å². The van der Waals surface area contributed by atoms with Crippen LogP contribution in [0.25, 0.3) is 21.3 Å². The molecule has 2 heterocycles. The van der Waals surface area contributed by atoms with Crippen LogP contribution in [0.3, 0.4) is 0 Å². The minimum absolute atomic E-state index is 0.108. The molecule has 0 spiro atoms. The molecule has 4 rings (SSSR count). The number of oxazole rings is 1. The molecule has 150 valence electrons. The lowest BCUT2D eigenvalue weighted by Crippen LogP contribution is -2.39. The number of hydrogen-bond acceptors (Lipinski definition) is 6. The van der Waals surface area contributed by atoms with Crippen LogP contribution in [0, 0.1) is 0 Å². The molecule has 2 aromatic carbocycles. The molecule has 0 saturated carbocycles. The van der Waals surface area contributed by atoms with Gasteiger partial charge in [-0.05, 0) is 44.4 Å². The van der Waals surface area contributed by atoms with Crippen molar-refractivity contribution in [1.82, 2.24) is 14.5 Å². The number of benzene rings is 2. The second-order valence-corrected chi connectivity index (χ2v) is 8.80. The highest BCUT2D eigenvalue weighted by molar-refractivity contribution is 9.10. The van der Waals surface area contributed by atoms with E-state index in [1.807, 2.05) is 43.3 Å². The molecule has 29 heavy (non-hydrogen) atoms. The number of fused-ring (bicyclic) bond motifs is 2. The fourth-order valence-corrected chi connectivity index (χ4v) is 4.57. The van der Waals surface area contributed by atoms with Crippen LogP contribution in [-0.4, -0.2) is 47.5 Å². The first-order valence-electron chi connectivity index (χ1n) is 9.02. The summed E-state index contributed by atoms with van der Waals surface area (Å²) in [6.07, 6.45) is 0. The van der Waals surface area contributed by atoms with Gasteiger partial charge in [0.15, 0.2) is 10.7 Å². The third-order valence-corrected chi connectivity index (χ3v) is 6.04. The molecule has 0 N–H and O–H groups in total. The maximum absolute atomic E-state index is 13.2. The number of rotatable bonds is 6. The molecule has 0 bridgehead atoms. The Kier molecular flexibility index (Phi) is 5.53. The number of anilines is 1. The molecule has 4 aromatic rings. The monoisotopic (exact) mass is 474 g/mol. The molecule has 9 heteroatoms. The Morgan fingerprint density at radius 3 is 2.79 bits per heavy atom. The van der Waals surface area contributed by atoms with Crippen LogP contribution < -0.4 is 10.7 Å². The topological polar surface area (TPSA) is 71.6 Å². The van der Waals surface area contributed by atoms with E-state index in [-0.39, 0.29) is 12.5 Å². The van der Waals surface area contributed by atoms with E-state index in [0.717, 1.165) is 14.7 Å². The molecule has 1 amide bonds. The van der Waals surface area contributed by atoms with Crippen molar-refractivity contribution in [2.45, 2.75) is 6.54 Å². The van der Waals surface area contributed by atoms with Crippen molar-refractivity contribution in [2.24, 2.45) is 0 Å². The Morgan fingerprint density at radius 2 is 2.00 bits per heavy atom. The second kappa shape index (κ2) is 8.10. The van der Waals surface area contributed by atoms with Gasteiger partial charge in [0.05, 0.1) is 15.7 Å². The van der Waals surface area contributed by atoms with E-state index in [2.05, 4.69) is 20.9 Å². The summed E-state index contributed by atoms with van der Waals surface area (Å²) in [4.78, 5) is 33.8. The van der Waals surface area contributed by atoms with Gasteiger partial charge in [0.25, 0.3) is 0 Å². The van der Waals surface area contributed by atoms with Gasteiger partial charge in [-0.15, -0.1) is 0 Å². The summed E-state index contributed by atoms with van der Waals surface area (Å²) in [7, 11) is 3.90. The molecule has 0 fully saturated rings. The van der Waals surface area contributed by atoms with Crippen LogP contribution in [0.4, 0.5) is 5.13 Å². The largest absolute Gasteiger partial charge is 0.420 e. The number of para-hydroxylation sites is 2. The van der Waals surface area contributed by atoms with E-state index in [1.54, 1.807) is 23.1 Å². The number of carbonyl (C=O) groups is 1. The van der Waals surface area contributed by atoms with Gasteiger partial charge in [0.1, 0.15) is 6.54 Å². The zero-order valence-electron chi connectivity index (χ0n) is 16.0. The Balaban J connectivity index is 1.69. The first-order valence-corrected chi connectivity index (χ1v) is 10.6. The van der Waals surface area contributed by atoms with Crippen LogP contribution in [-0.2, 0) is 11.3 Å². The average Bonchev–Trinajstić information content (AvgIpc) is 3.22. The lowest BCUT2D eigenvalue weighted by Gasteiger charge is -2.22. The fourth-order valence-electron chi connectivity index (χ4n) is 3.01. The van der Waals surface area contributed by atoms with Crippen LogP contribution in [0.2, 0.25) is 0 Å². The van der Waals surface area contributed by atoms with Crippen LogP contribution >= 0.6 is 27.3 Å². The summed E-state index contributed by atoms with van der Waals surface area (Å²) in [5.41, 5.74) is 1.91. The molecule has 7 nitrogen and oxygen atoms in total. The van der Waals surface area contributed by atoms with Gasteiger partial charge in [-0.2, -0.15) is 0 Å². The van der Waals surface area contributed by atoms with Gasteiger partial charge in [0.2, 0.25) is 5.91 Å². The second-order valence-electron chi connectivity index (χ2n) is 6.88. The van der Waals surface area contributed by atoms with Crippen molar-refractivity contribution < 1.29 is 9.21 Å². The van der Waals surface area contributed by atoms with Crippen LogP contribution in [0.1, 0.15) is 0 Å². The van der Waals surface area contributed by atoms with Gasteiger partial charge in [-0.1, -0.05) is 39.4 Å². The van der Waals surface area contributed by atoms with Crippen molar-refractivity contribution in [3.8, 4) is 0 Å². The van der Waals surface area contributed by atoms with Gasteiger partial charge in [0, 0.05) is 17.6 Å². The molecule has 0 unspecified atom stereocenters. The molecule has 0 saturated heterocycles. The lowest BCUT2D eigenvalue weighted by molar-refractivity contribution is -0.119. The number of carbonyl (C=O) groups excluding carboxylic acids is 1. The summed E-state index contributed by atoms with van der Waals surface area (Å²) in [5, 5.41) is 0.616. The summed E-state index contributed by atoms with van der Waals surface area (Å²) < 4.78 is 8.57. The molecule has 0 atom stereocenters. The predicted molar refractivity (Wildman–Crippen MR) is 119 cm³/mol. The smallest absolute Gasteiger partial charge is 0.408 e. The standard InChI is InChI=1S/C20H19BrN4O3S/c1-23(2)9-10-24(19-22-14-8-7-13(21)11-17(14)29-19)18(26)12-25-15-5-3-4-6-16(15)28-20(25)27/h3-8,11H,9-10,12H2,1-2H3. The van der Waals surface area contributed by atoms with E-state index in [1.165, 1.54) is 15.9 Å². The first-order chi connectivity index (χ1) is 13.9. The average molecular weight is 475 g/mol. The van der Waals surface area contributed by atoms with Gasteiger partial charge >= 0.3 is 5.76 Å². The Morgan fingerprint density at radius 1 is 1.21 bits per heavy atom. The maximum Gasteiger partial charge on any atom is 0.420 e. The van der Waals surface area contributed by atoms with E-state index >= 15 is 0 Å². The zero-order chi connectivity index (χ0) is 20.5. The molecular formula is C20H19BrN4O3S. The maximum atomic E-state index is 13.2. The number of aromatic nitrogens is 2. The number of halogens is 1. The Hall–Kier alpha value is -2.49. The molecule has 0 radical (unpaired) electrons. The number of nitrogens with zero attached hydrogens (tertiary/aromatic N) is 4. The first kappa shape index (κ1) is 19.8. The minimum Gasteiger partial charge on any atom is -0.408 e. The summed E-state index contributed by atoms with van der Waals surface area (Å²) >= 11 is 4.93. The third kappa shape index (κ3) is 4.12. The Bertz CT molecular complexity index is 1240. The Labute approximate surface area is 179 Å². The highest BCUT2D eigenvalue weighted by atomic mass is 79.9. The number of likely N-dealkylation sites (N-methyl/N-ethyl adjacent to an activating group) is 1. The van der Waals surface area contributed by atoms with Gasteiger partial charge in [-0.25, -0.2) is 9.78 Å². The van der Waals surface area contributed by atoms with Crippen molar-refractivity contribution in [3.63, 3.8) is 0 Å². The zero-order valence-corrected chi connectivity index (χ0v) is 18.4. The molecule has 0 aliphatic heterocycles. The molecular weight excluding hydrogens is 456 g/mol. The number of thiazole rings is 1. The molecule has 2 aromatic heterocycles. The van der Waals surface area contributed by atoms with E-state index in [0.29, 0.717) is 29.3 Å². The van der Waals surface area contributed by atoms with Crippen molar-refractivity contribution in [3.05, 3.63) is 57.5 Å². The number of hydrogen-bond donors (Lipinski definition) is 0. The van der Waals surface area contributed by atoms with E-state index in [4.69, 9.17) is 4.42 Å². The normalized spacial score (nSPS) is 11.6. The van der Waals surface area contributed by atoms with E-state index < -0.39 is 5.76 Å². The summed E-state index contributed by atoms with van der Waals surface area (Å²) in [6, 6.07) is 12.9. The summed E-state index contributed by atoms with van der Waals surface area (Å²) in [5.74, 6) is -0.751. The SMILES string of the molecule is CN(C)CCN(C(=O)Cn1c(=O)oc2ccccc21)c1nc2ccc(Br)cc2s1. The van der Waals surface area contributed by atoms with Crippen molar-refractivity contribution in [2.75, 3.05) is 32.1 Å². The number of amides is 1. The van der Waals surface area contributed by atoms with E-state index in [9.17, 15) is 9.59 Å². The van der Waals surface area contributed by atoms with Crippen molar-refractivity contribution >= 4 is 59.6 Å². The highest BCUT2D eigenvalue weighted by Gasteiger charge is 2.22. The van der Waals surface area contributed by atoms with Gasteiger partial charge < -0.3 is 9.32 Å². The minimum atomic E-state index is -0.541.